The fraction of sp³-hybridized carbons (Fsp3) is 0.312. The maximum atomic E-state index is 11.9. The number of fused-ring (bicyclic) bond motifs is 3. The standard InChI is InChI=1S/C20H18N6O3.C14H14N6O4S.C14H14N6O3S/c27-16-9-13(18(28)23-16)8-14-10-21-26-17(14)24-20(25-19(26)22-15-6-7-15)29-11-12-4-2-1-3-5-12;1-25(23,24)14-18-11-8(4-7-5-10(21)17-12(7)22)6-15-20(11)13(19-14)16-9-2-3-9;1-24(23)14-18-11-8(4-7-5-10(21)17-12(7)22)6-15-20(11)13(19-14)16-9-2-3-9/h1-5,8,10,15H,6-7,9,11H2,(H,22,24,25)(H,23,27,28);4,6,9H,2-3,5H2,1H3,(H,16,18,19)(H,17,21,22);4,6,9H,2-3,5H2,1H3,(H,16,18,19)(H,17,21,22)/b13-8+;2*7-4+. The van der Waals surface area contributed by atoms with Gasteiger partial charge in [0.15, 0.2) is 16.9 Å². The van der Waals surface area contributed by atoms with Gasteiger partial charge >= 0.3 is 6.01 Å². The minimum Gasteiger partial charge on any atom is -0.458 e. The van der Waals surface area contributed by atoms with Crippen LogP contribution in [0.4, 0.5) is 17.8 Å². The predicted octanol–water partition coefficient (Wildman–Crippen LogP) is 1.11. The third-order valence-corrected chi connectivity index (χ3v) is 13.9. The van der Waals surface area contributed by atoms with Crippen LogP contribution in [0, 0.1) is 0 Å². The lowest BCUT2D eigenvalue weighted by Gasteiger charge is -2.09. The Morgan fingerprint density at radius 3 is 1.40 bits per heavy atom. The second kappa shape index (κ2) is 20.7. The molecule has 1 aromatic carbocycles. The van der Waals surface area contributed by atoms with Crippen LogP contribution in [-0.2, 0) is 56.0 Å². The number of amides is 6. The monoisotopic (exact) mass is 1100 g/mol. The highest BCUT2D eigenvalue weighted by Crippen LogP contribution is 2.30. The molecule has 28 nitrogen and oxygen atoms in total. The Bertz CT molecular complexity index is 3910. The van der Waals surface area contributed by atoms with Crippen LogP contribution >= 0.6 is 0 Å². The minimum atomic E-state index is -3.63. The predicted molar refractivity (Wildman–Crippen MR) is 276 cm³/mol. The second-order valence-corrected chi connectivity index (χ2v) is 22.1. The van der Waals surface area contributed by atoms with E-state index in [4.69, 9.17) is 4.74 Å². The van der Waals surface area contributed by atoms with E-state index in [-0.39, 0.29) is 82.4 Å². The summed E-state index contributed by atoms with van der Waals surface area (Å²) >= 11 is 0. The first-order valence-corrected chi connectivity index (χ1v) is 27.8. The molecule has 7 aromatic rings. The summed E-state index contributed by atoms with van der Waals surface area (Å²) in [5.74, 6) is -0.997. The number of carbonyl (C=O) groups is 6. The normalized spacial score (nSPS) is 19.2. The van der Waals surface area contributed by atoms with Crippen molar-refractivity contribution in [3.8, 4) is 6.01 Å². The Labute approximate surface area is 443 Å². The van der Waals surface area contributed by atoms with Gasteiger partial charge in [0.2, 0.25) is 50.6 Å². The van der Waals surface area contributed by atoms with Gasteiger partial charge in [0.25, 0.3) is 22.9 Å². The Hall–Kier alpha value is -9.19. The quantitative estimate of drug-likeness (QED) is 0.0656. The van der Waals surface area contributed by atoms with Crippen LogP contribution in [0.15, 0.2) is 76.0 Å². The van der Waals surface area contributed by atoms with Gasteiger partial charge in [-0.2, -0.15) is 58.7 Å². The molecule has 30 heteroatoms. The molecule has 6 N–H and O–H groups in total. The molecule has 0 spiro atoms. The Balaban J connectivity index is 0.000000125. The third-order valence-electron chi connectivity index (χ3n) is 12.3. The van der Waals surface area contributed by atoms with Gasteiger partial charge in [-0.1, -0.05) is 30.3 Å². The highest BCUT2D eigenvalue weighted by molar-refractivity contribution is 7.90. The van der Waals surface area contributed by atoms with Crippen LogP contribution in [0.5, 0.6) is 6.01 Å². The molecule has 0 radical (unpaired) electrons. The van der Waals surface area contributed by atoms with E-state index in [9.17, 15) is 41.4 Å². The van der Waals surface area contributed by atoms with E-state index < -0.39 is 32.5 Å². The van der Waals surface area contributed by atoms with E-state index in [0.717, 1.165) is 50.3 Å². The van der Waals surface area contributed by atoms with E-state index in [1.165, 1.54) is 27.6 Å². The Morgan fingerprint density at radius 1 is 0.590 bits per heavy atom. The van der Waals surface area contributed by atoms with E-state index in [1.807, 2.05) is 30.3 Å². The number of ether oxygens (including phenoxy) is 1. The number of rotatable bonds is 14. The lowest BCUT2D eigenvalue weighted by atomic mass is 10.1. The molecular weight excluding hydrogens is 1050 g/mol. The first-order chi connectivity index (χ1) is 37.5. The molecule has 6 aromatic heterocycles. The second-order valence-electron chi connectivity index (χ2n) is 18.9. The molecule has 6 amide bonds. The lowest BCUT2D eigenvalue weighted by molar-refractivity contribution is -0.125. The SMILES string of the molecule is CS(=O)(=O)c1nc(NC2CC2)n2ncc(/C=C3\CC(=O)NC3=O)c2n1.CS(=O)c1nc(NC2CC2)n2ncc(/C=C3\CC(=O)NC3=O)c2n1.O=C1C/C(=C\c2cnn3c(NC4CC4)nc(OCc4ccccc4)nc23)C(=O)N1. The van der Waals surface area contributed by atoms with Crippen LogP contribution in [0.25, 0.3) is 35.2 Å². The zero-order valence-electron chi connectivity index (χ0n) is 41.4. The summed E-state index contributed by atoms with van der Waals surface area (Å²) in [4.78, 5) is 95.1. The summed E-state index contributed by atoms with van der Waals surface area (Å²) < 4.78 is 45.9. The summed E-state index contributed by atoms with van der Waals surface area (Å²) in [5.41, 5.74) is 4.84. The topological polar surface area (TPSA) is 364 Å². The van der Waals surface area contributed by atoms with Gasteiger partial charge in [-0.25, -0.2) is 8.42 Å². The van der Waals surface area contributed by atoms with E-state index in [0.29, 0.717) is 69.7 Å². The van der Waals surface area contributed by atoms with Crippen molar-refractivity contribution in [2.75, 3.05) is 28.5 Å². The zero-order valence-corrected chi connectivity index (χ0v) is 43.1. The fourth-order valence-corrected chi connectivity index (χ4v) is 8.88. The number of imide groups is 3. The van der Waals surface area contributed by atoms with Crippen molar-refractivity contribution < 1.29 is 46.1 Å². The highest BCUT2D eigenvalue weighted by atomic mass is 32.2. The summed E-state index contributed by atoms with van der Waals surface area (Å²) in [7, 11) is -4.99. The summed E-state index contributed by atoms with van der Waals surface area (Å²) in [6.45, 7) is 0.335. The van der Waals surface area contributed by atoms with Gasteiger partial charge in [-0.3, -0.25) is 48.9 Å². The third kappa shape index (κ3) is 11.6. The van der Waals surface area contributed by atoms with Gasteiger partial charge in [-0.15, -0.1) is 0 Å². The van der Waals surface area contributed by atoms with Gasteiger partial charge in [0.05, 0.1) is 48.7 Å². The van der Waals surface area contributed by atoms with Crippen LogP contribution in [0.1, 0.15) is 80.0 Å². The molecule has 3 saturated carbocycles. The van der Waals surface area contributed by atoms with Crippen molar-refractivity contribution >= 4 is 109 Å². The van der Waals surface area contributed by atoms with Crippen LogP contribution in [0.2, 0.25) is 0 Å². The maximum Gasteiger partial charge on any atom is 0.322 e. The molecule has 13 rings (SSSR count). The average Bonchev–Trinajstić information content (AvgIpc) is 4.49. The summed E-state index contributed by atoms with van der Waals surface area (Å²) in [5, 5.41) is 29.1. The molecule has 3 aliphatic carbocycles. The summed E-state index contributed by atoms with van der Waals surface area (Å²) in [6, 6.07) is 10.9. The van der Waals surface area contributed by atoms with Gasteiger partial charge < -0.3 is 20.7 Å². The molecule has 6 aliphatic rings. The van der Waals surface area contributed by atoms with Gasteiger partial charge in [0, 0.05) is 64.0 Å². The number of nitrogens with zero attached hydrogens (tertiary/aromatic N) is 12. The molecule has 400 valence electrons. The largest absolute Gasteiger partial charge is 0.458 e. The van der Waals surface area contributed by atoms with Crippen molar-refractivity contribution in [3.63, 3.8) is 0 Å². The lowest BCUT2D eigenvalue weighted by Crippen LogP contribution is -2.19. The van der Waals surface area contributed by atoms with E-state index in [2.05, 4.69) is 77.1 Å². The van der Waals surface area contributed by atoms with Crippen molar-refractivity contribution in [3.05, 3.63) is 87.9 Å². The molecule has 3 aliphatic heterocycles. The fourth-order valence-electron chi connectivity index (χ4n) is 7.95. The molecule has 0 bridgehead atoms. The Kier molecular flexibility index (Phi) is 13.5. The first-order valence-electron chi connectivity index (χ1n) is 24.4. The average molecular weight is 1100 g/mol. The molecular formula is C48H46N18O10S2. The van der Waals surface area contributed by atoms with Crippen LogP contribution in [0.3, 0.4) is 0 Å². The van der Waals surface area contributed by atoms with Gasteiger partial charge in [0.1, 0.15) is 6.61 Å². The summed E-state index contributed by atoms with van der Waals surface area (Å²) in [6.07, 6.45) is 18.1. The van der Waals surface area contributed by atoms with E-state index >= 15 is 0 Å². The molecule has 3 saturated heterocycles. The first kappa shape index (κ1) is 50.9. The maximum absolute atomic E-state index is 11.9. The van der Waals surface area contributed by atoms with E-state index in [1.54, 1.807) is 29.1 Å². The molecule has 1 unspecified atom stereocenters. The molecule has 78 heavy (non-hydrogen) atoms. The number of aromatic nitrogens is 12. The smallest absolute Gasteiger partial charge is 0.322 e. The van der Waals surface area contributed by atoms with Crippen LogP contribution in [-0.4, -0.2) is 137 Å². The Morgan fingerprint density at radius 2 is 1.00 bits per heavy atom. The van der Waals surface area contributed by atoms with Gasteiger partial charge in [-0.05, 0) is 62.3 Å². The number of sulfone groups is 1. The highest BCUT2D eigenvalue weighted by Gasteiger charge is 2.30. The zero-order chi connectivity index (χ0) is 54.4. The molecule has 1 atom stereocenters. The van der Waals surface area contributed by atoms with Crippen molar-refractivity contribution in [1.82, 2.24) is 74.7 Å². The van der Waals surface area contributed by atoms with Crippen LogP contribution < -0.4 is 36.6 Å². The van der Waals surface area contributed by atoms with Crippen molar-refractivity contribution in [2.24, 2.45) is 0 Å². The number of carbonyl (C=O) groups excluding carboxylic acids is 6. The molecule has 6 fully saturated rings. The van der Waals surface area contributed by atoms with Crippen molar-refractivity contribution in [1.29, 1.82) is 0 Å². The number of hydrogen-bond acceptors (Lipinski definition) is 22. The molecule has 9 heterocycles. The number of anilines is 3. The number of benzene rings is 1. The number of hydrogen-bond donors (Lipinski definition) is 6. The van der Waals surface area contributed by atoms with Crippen molar-refractivity contribution in [2.45, 2.75) is 92.8 Å². The number of nitrogens with one attached hydrogen (secondary N) is 6. The minimum absolute atomic E-state index is 0.0288.